The van der Waals surface area contributed by atoms with Crippen LogP contribution in [0.5, 0.6) is 0 Å². The van der Waals surface area contributed by atoms with Crippen molar-refractivity contribution in [3.05, 3.63) is 22.3 Å². The lowest BCUT2D eigenvalue weighted by Crippen LogP contribution is -2.58. The normalized spacial score (nSPS) is 19.3. The smallest absolute Gasteiger partial charge is 0.258 e. The van der Waals surface area contributed by atoms with Crippen LogP contribution in [0.3, 0.4) is 0 Å². The van der Waals surface area contributed by atoms with Gasteiger partial charge in [-0.1, -0.05) is 0 Å². The van der Waals surface area contributed by atoms with E-state index in [0.29, 0.717) is 4.47 Å². The second kappa shape index (κ2) is 4.96. The van der Waals surface area contributed by atoms with Crippen LogP contribution in [0.1, 0.15) is 17.3 Å². The number of nitrogens with one attached hydrogen (secondary N) is 1. The Kier molecular flexibility index (Phi) is 3.52. The topological polar surface area (TPSA) is 105 Å². The predicted molar refractivity (Wildman–Crippen MR) is 70.0 cm³/mol. The van der Waals surface area contributed by atoms with Gasteiger partial charge in [0.1, 0.15) is 18.4 Å². The first kappa shape index (κ1) is 13.5. The average Bonchev–Trinajstić information content (AvgIpc) is 2.36. The van der Waals surface area contributed by atoms with Gasteiger partial charge in [-0.05, 0) is 28.9 Å². The number of aromatic nitrogens is 1. The Balaban J connectivity index is 2.35. The molecular formula is C11H11BrN4O3. The highest BCUT2D eigenvalue weighted by molar-refractivity contribution is 9.10. The number of hydrogen-bond donors (Lipinski definition) is 2. The van der Waals surface area contributed by atoms with Crippen LogP contribution >= 0.6 is 15.9 Å². The molecule has 1 fully saturated rings. The molecule has 1 saturated heterocycles. The van der Waals surface area contributed by atoms with Gasteiger partial charge in [-0.15, -0.1) is 0 Å². The lowest BCUT2D eigenvalue weighted by atomic mass is 10.1. The van der Waals surface area contributed by atoms with E-state index in [1.807, 2.05) is 0 Å². The molecule has 1 unspecified atom stereocenters. The second-order valence-electron chi connectivity index (χ2n) is 4.11. The summed E-state index contributed by atoms with van der Waals surface area (Å²) in [7, 11) is 0. The number of hydrogen-bond acceptors (Lipinski definition) is 5. The van der Waals surface area contributed by atoms with Crippen molar-refractivity contribution in [3.8, 4) is 0 Å². The van der Waals surface area contributed by atoms with E-state index in [1.54, 1.807) is 6.92 Å². The summed E-state index contributed by atoms with van der Waals surface area (Å²) in [6.07, 6.45) is 1.46. The van der Waals surface area contributed by atoms with Crippen LogP contribution in [0.2, 0.25) is 0 Å². The van der Waals surface area contributed by atoms with Crippen LogP contribution in [0.15, 0.2) is 16.7 Å². The quantitative estimate of drug-likeness (QED) is 0.702. The van der Waals surface area contributed by atoms with Gasteiger partial charge in [-0.3, -0.25) is 19.7 Å². The largest absolute Gasteiger partial charge is 0.383 e. The molecule has 2 heterocycles. The monoisotopic (exact) mass is 326 g/mol. The van der Waals surface area contributed by atoms with Gasteiger partial charge >= 0.3 is 0 Å². The van der Waals surface area contributed by atoms with E-state index in [4.69, 9.17) is 5.73 Å². The number of nitrogens with two attached hydrogens (primary N) is 1. The zero-order valence-electron chi connectivity index (χ0n) is 10.0. The van der Waals surface area contributed by atoms with E-state index in [-0.39, 0.29) is 17.9 Å². The molecule has 2 rings (SSSR count). The first-order valence-electron chi connectivity index (χ1n) is 5.46. The lowest BCUT2D eigenvalue weighted by molar-refractivity contribution is -0.138. The standard InChI is InChI=1S/C11H11BrN4O3/c1-5-10(18)15-8(17)4-16(5)11(19)7-2-6(12)3-14-9(7)13/h2-3,5H,4H2,1H3,(H2,13,14)(H,15,17,18). The molecule has 1 aromatic rings. The molecule has 0 aromatic carbocycles. The van der Waals surface area contributed by atoms with Gasteiger partial charge in [-0.2, -0.15) is 0 Å². The Bertz CT molecular complexity index is 575. The number of anilines is 1. The lowest BCUT2D eigenvalue weighted by Gasteiger charge is -2.31. The molecule has 8 heteroatoms. The van der Waals surface area contributed by atoms with E-state index in [9.17, 15) is 14.4 Å². The van der Waals surface area contributed by atoms with Gasteiger partial charge in [0, 0.05) is 10.7 Å². The SMILES string of the molecule is CC1C(=O)NC(=O)CN1C(=O)c1cc(Br)cnc1N. The van der Waals surface area contributed by atoms with Crippen molar-refractivity contribution in [3.63, 3.8) is 0 Å². The van der Waals surface area contributed by atoms with Gasteiger partial charge < -0.3 is 10.6 Å². The molecule has 100 valence electrons. The Morgan fingerprint density at radius 1 is 1.58 bits per heavy atom. The summed E-state index contributed by atoms with van der Waals surface area (Å²) in [5.74, 6) is -1.47. The van der Waals surface area contributed by atoms with E-state index in [2.05, 4.69) is 26.2 Å². The number of pyridine rings is 1. The highest BCUT2D eigenvalue weighted by Gasteiger charge is 2.34. The number of halogens is 1. The number of amides is 3. The number of rotatable bonds is 1. The summed E-state index contributed by atoms with van der Waals surface area (Å²) in [5.41, 5.74) is 5.80. The van der Waals surface area contributed by atoms with Gasteiger partial charge in [0.15, 0.2) is 0 Å². The molecule has 0 saturated carbocycles. The molecular weight excluding hydrogens is 316 g/mol. The summed E-state index contributed by atoms with van der Waals surface area (Å²) in [4.78, 5) is 40.2. The van der Waals surface area contributed by atoms with Crippen molar-refractivity contribution in [1.82, 2.24) is 15.2 Å². The van der Waals surface area contributed by atoms with E-state index in [1.165, 1.54) is 17.2 Å². The molecule has 3 N–H and O–H groups in total. The second-order valence-corrected chi connectivity index (χ2v) is 5.02. The van der Waals surface area contributed by atoms with Crippen LogP contribution in [-0.4, -0.2) is 40.2 Å². The van der Waals surface area contributed by atoms with Crippen molar-refractivity contribution in [2.75, 3.05) is 12.3 Å². The molecule has 0 bridgehead atoms. The third-order valence-electron chi connectivity index (χ3n) is 2.80. The molecule has 1 aliphatic rings. The summed E-state index contributed by atoms with van der Waals surface area (Å²) >= 11 is 3.19. The Labute approximate surface area is 117 Å². The summed E-state index contributed by atoms with van der Waals surface area (Å²) < 4.78 is 0.588. The number of piperazine rings is 1. The fourth-order valence-electron chi connectivity index (χ4n) is 1.74. The van der Waals surface area contributed by atoms with Crippen LogP contribution in [0, 0.1) is 0 Å². The fourth-order valence-corrected chi connectivity index (χ4v) is 2.07. The molecule has 3 amide bonds. The Morgan fingerprint density at radius 3 is 2.95 bits per heavy atom. The van der Waals surface area contributed by atoms with Crippen molar-refractivity contribution in [1.29, 1.82) is 0 Å². The summed E-state index contributed by atoms with van der Waals surface area (Å²) in [6, 6.07) is 0.776. The molecule has 0 radical (unpaired) electrons. The zero-order valence-corrected chi connectivity index (χ0v) is 11.6. The van der Waals surface area contributed by atoms with E-state index >= 15 is 0 Å². The molecule has 7 nitrogen and oxygen atoms in total. The van der Waals surface area contributed by atoms with Crippen molar-refractivity contribution in [2.45, 2.75) is 13.0 Å². The molecule has 1 atom stereocenters. The third kappa shape index (κ3) is 2.58. The maximum absolute atomic E-state index is 12.3. The molecule has 19 heavy (non-hydrogen) atoms. The third-order valence-corrected chi connectivity index (χ3v) is 3.23. The minimum absolute atomic E-state index is 0.0545. The molecule has 0 aliphatic carbocycles. The highest BCUT2D eigenvalue weighted by atomic mass is 79.9. The minimum Gasteiger partial charge on any atom is -0.383 e. The maximum atomic E-state index is 12.3. The Hall–Kier alpha value is -1.96. The number of imide groups is 1. The highest BCUT2D eigenvalue weighted by Crippen LogP contribution is 2.19. The number of carbonyl (C=O) groups excluding carboxylic acids is 3. The van der Waals surface area contributed by atoms with Crippen LogP contribution in [0.25, 0.3) is 0 Å². The van der Waals surface area contributed by atoms with Crippen LogP contribution in [-0.2, 0) is 9.59 Å². The Morgan fingerprint density at radius 2 is 2.26 bits per heavy atom. The van der Waals surface area contributed by atoms with Crippen LogP contribution < -0.4 is 11.1 Å². The van der Waals surface area contributed by atoms with Gasteiger partial charge in [0.05, 0.1) is 5.56 Å². The first-order chi connectivity index (χ1) is 8.90. The number of nitrogens with zero attached hydrogens (tertiary/aromatic N) is 2. The number of nitrogen functional groups attached to an aromatic ring is 1. The van der Waals surface area contributed by atoms with Crippen molar-refractivity contribution < 1.29 is 14.4 Å². The summed E-state index contributed by atoms with van der Waals surface area (Å²) in [6.45, 7) is 1.36. The van der Waals surface area contributed by atoms with Gasteiger partial charge in [0.25, 0.3) is 5.91 Å². The summed E-state index contributed by atoms with van der Waals surface area (Å²) in [5, 5.41) is 2.16. The predicted octanol–water partition coefficient (Wildman–Crippen LogP) is -0.0866. The van der Waals surface area contributed by atoms with Gasteiger partial charge in [-0.25, -0.2) is 4.98 Å². The van der Waals surface area contributed by atoms with Gasteiger partial charge in [0.2, 0.25) is 11.8 Å². The van der Waals surface area contributed by atoms with E-state index < -0.39 is 23.8 Å². The molecule has 0 spiro atoms. The zero-order chi connectivity index (χ0) is 14.2. The van der Waals surface area contributed by atoms with Crippen LogP contribution in [0.4, 0.5) is 5.82 Å². The first-order valence-corrected chi connectivity index (χ1v) is 6.25. The minimum atomic E-state index is -0.733. The fraction of sp³-hybridized carbons (Fsp3) is 0.273. The number of carbonyl (C=O) groups is 3. The van der Waals surface area contributed by atoms with Crippen molar-refractivity contribution in [2.24, 2.45) is 0 Å². The van der Waals surface area contributed by atoms with E-state index in [0.717, 1.165) is 0 Å². The molecule has 1 aromatic heterocycles. The molecule has 1 aliphatic heterocycles. The maximum Gasteiger partial charge on any atom is 0.258 e. The average molecular weight is 327 g/mol. The van der Waals surface area contributed by atoms with Crippen molar-refractivity contribution >= 4 is 39.5 Å².